The standard InChI is InChI=1S/C17H26O/c1-13-9-7-8-12-17(13,18)15-11-6-5-10-14(15)16(2,3)4/h5-6,10-11,13,18H,7-9,12H2,1-4H3/t13-,17+/m1/s1. The fraction of sp³-hybridized carbons (Fsp3) is 0.647. The fourth-order valence-corrected chi connectivity index (χ4v) is 3.24. The summed E-state index contributed by atoms with van der Waals surface area (Å²) in [7, 11) is 0. The molecule has 18 heavy (non-hydrogen) atoms. The molecule has 1 aromatic rings. The average Bonchev–Trinajstić information content (AvgIpc) is 2.32. The Hall–Kier alpha value is -0.820. The number of rotatable bonds is 1. The third kappa shape index (κ3) is 2.33. The van der Waals surface area contributed by atoms with Gasteiger partial charge in [-0.25, -0.2) is 0 Å². The van der Waals surface area contributed by atoms with Gasteiger partial charge >= 0.3 is 0 Å². The molecule has 0 heterocycles. The highest BCUT2D eigenvalue weighted by atomic mass is 16.3. The van der Waals surface area contributed by atoms with Gasteiger partial charge in [0, 0.05) is 0 Å². The van der Waals surface area contributed by atoms with Gasteiger partial charge in [-0.1, -0.05) is 64.8 Å². The molecule has 2 atom stereocenters. The number of benzene rings is 1. The van der Waals surface area contributed by atoms with Gasteiger partial charge in [0.25, 0.3) is 0 Å². The smallest absolute Gasteiger partial charge is 0.0924 e. The first kappa shape index (κ1) is 13.6. The quantitative estimate of drug-likeness (QED) is 0.779. The van der Waals surface area contributed by atoms with Gasteiger partial charge in [0.2, 0.25) is 0 Å². The van der Waals surface area contributed by atoms with Gasteiger partial charge in [-0.05, 0) is 35.3 Å². The molecule has 0 spiro atoms. The highest BCUT2D eigenvalue weighted by molar-refractivity contribution is 5.37. The van der Waals surface area contributed by atoms with E-state index < -0.39 is 5.60 Å². The Kier molecular flexibility index (Phi) is 3.55. The lowest BCUT2D eigenvalue weighted by Gasteiger charge is -2.41. The van der Waals surface area contributed by atoms with E-state index in [2.05, 4.69) is 52.0 Å². The van der Waals surface area contributed by atoms with E-state index in [1.807, 2.05) is 0 Å². The Balaban J connectivity index is 2.50. The molecule has 0 aliphatic heterocycles. The molecule has 0 saturated heterocycles. The maximum Gasteiger partial charge on any atom is 0.0924 e. The summed E-state index contributed by atoms with van der Waals surface area (Å²) in [5.74, 6) is 0.356. The summed E-state index contributed by atoms with van der Waals surface area (Å²) in [6.45, 7) is 8.87. The van der Waals surface area contributed by atoms with Gasteiger partial charge in [0.15, 0.2) is 0 Å². The van der Waals surface area contributed by atoms with Crippen LogP contribution in [0.3, 0.4) is 0 Å². The van der Waals surface area contributed by atoms with Crippen LogP contribution in [0.1, 0.15) is 64.5 Å². The van der Waals surface area contributed by atoms with Crippen molar-refractivity contribution in [3.63, 3.8) is 0 Å². The van der Waals surface area contributed by atoms with Crippen LogP contribution in [0.25, 0.3) is 0 Å². The van der Waals surface area contributed by atoms with Gasteiger partial charge in [0.1, 0.15) is 0 Å². The first-order valence-corrected chi connectivity index (χ1v) is 7.18. The summed E-state index contributed by atoms with van der Waals surface area (Å²) < 4.78 is 0. The zero-order valence-electron chi connectivity index (χ0n) is 12.2. The van der Waals surface area contributed by atoms with Gasteiger partial charge in [-0.2, -0.15) is 0 Å². The van der Waals surface area contributed by atoms with Crippen molar-refractivity contribution in [3.05, 3.63) is 35.4 Å². The Morgan fingerprint density at radius 1 is 1.17 bits per heavy atom. The summed E-state index contributed by atoms with van der Waals surface area (Å²) in [6, 6.07) is 8.45. The third-order valence-electron chi connectivity index (χ3n) is 4.46. The second-order valence-electron chi connectivity index (χ2n) is 6.87. The van der Waals surface area contributed by atoms with Crippen molar-refractivity contribution >= 4 is 0 Å². The van der Waals surface area contributed by atoms with Crippen LogP contribution in [-0.4, -0.2) is 5.11 Å². The molecule has 2 rings (SSSR count). The van der Waals surface area contributed by atoms with Gasteiger partial charge in [0.05, 0.1) is 5.60 Å². The lowest BCUT2D eigenvalue weighted by Crippen LogP contribution is -2.38. The third-order valence-corrected chi connectivity index (χ3v) is 4.46. The molecule has 100 valence electrons. The maximum absolute atomic E-state index is 11.2. The van der Waals surface area contributed by atoms with E-state index in [9.17, 15) is 5.11 Å². The van der Waals surface area contributed by atoms with Crippen LogP contribution in [0, 0.1) is 5.92 Å². The minimum absolute atomic E-state index is 0.0868. The summed E-state index contributed by atoms with van der Waals surface area (Å²) in [5.41, 5.74) is 1.91. The summed E-state index contributed by atoms with van der Waals surface area (Å²) in [5, 5.41) is 11.2. The Morgan fingerprint density at radius 2 is 1.83 bits per heavy atom. The molecule has 1 aliphatic carbocycles. The molecule has 0 unspecified atom stereocenters. The monoisotopic (exact) mass is 246 g/mol. The predicted octanol–water partition coefficient (Wildman–Crippen LogP) is 4.38. The van der Waals surface area contributed by atoms with Crippen LogP contribution in [0.2, 0.25) is 0 Å². The largest absolute Gasteiger partial charge is 0.385 e. The van der Waals surface area contributed by atoms with Crippen LogP contribution in [0.4, 0.5) is 0 Å². The molecular formula is C17H26O. The molecule has 1 fully saturated rings. The van der Waals surface area contributed by atoms with E-state index in [0.717, 1.165) is 24.8 Å². The molecule has 0 radical (unpaired) electrons. The Labute approximate surface area is 111 Å². The minimum Gasteiger partial charge on any atom is -0.385 e. The van der Waals surface area contributed by atoms with Crippen molar-refractivity contribution in [1.29, 1.82) is 0 Å². The van der Waals surface area contributed by atoms with Crippen LogP contribution < -0.4 is 0 Å². The first-order chi connectivity index (χ1) is 8.36. The van der Waals surface area contributed by atoms with Gasteiger partial charge in [-0.15, -0.1) is 0 Å². The maximum atomic E-state index is 11.2. The van der Waals surface area contributed by atoms with E-state index in [1.165, 1.54) is 12.0 Å². The van der Waals surface area contributed by atoms with Crippen LogP contribution in [0.15, 0.2) is 24.3 Å². The zero-order chi connectivity index (χ0) is 13.4. The average molecular weight is 246 g/mol. The van der Waals surface area contributed by atoms with Crippen molar-refractivity contribution in [1.82, 2.24) is 0 Å². The molecule has 0 aromatic heterocycles. The van der Waals surface area contributed by atoms with Crippen molar-refractivity contribution in [2.45, 2.75) is 64.4 Å². The SMILES string of the molecule is C[C@@H]1CCCC[C@@]1(O)c1ccccc1C(C)(C)C. The van der Waals surface area contributed by atoms with Crippen molar-refractivity contribution in [2.24, 2.45) is 5.92 Å². The van der Waals surface area contributed by atoms with E-state index in [-0.39, 0.29) is 5.41 Å². The Bertz CT molecular complexity index is 416. The van der Waals surface area contributed by atoms with E-state index in [4.69, 9.17) is 0 Å². The number of hydrogen-bond donors (Lipinski definition) is 1. The lowest BCUT2D eigenvalue weighted by atomic mass is 9.68. The molecule has 1 saturated carbocycles. The molecular weight excluding hydrogens is 220 g/mol. The molecule has 0 bridgehead atoms. The highest BCUT2D eigenvalue weighted by Crippen LogP contribution is 2.44. The first-order valence-electron chi connectivity index (χ1n) is 7.18. The normalized spacial score (nSPS) is 29.3. The van der Waals surface area contributed by atoms with Crippen molar-refractivity contribution in [3.8, 4) is 0 Å². The van der Waals surface area contributed by atoms with Crippen molar-refractivity contribution < 1.29 is 5.11 Å². The molecule has 1 aliphatic rings. The molecule has 1 N–H and O–H groups in total. The van der Waals surface area contributed by atoms with Crippen LogP contribution >= 0.6 is 0 Å². The summed E-state index contributed by atoms with van der Waals surface area (Å²) in [6.07, 6.45) is 4.43. The second-order valence-corrected chi connectivity index (χ2v) is 6.87. The predicted molar refractivity (Wildman–Crippen MR) is 76.7 cm³/mol. The molecule has 1 aromatic carbocycles. The summed E-state index contributed by atoms with van der Waals surface area (Å²) >= 11 is 0. The molecule has 1 heteroatoms. The molecule has 0 amide bonds. The number of aliphatic hydroxyl groups is 1. The molecule has 1 nitrogen and oxygen atoms in total. The van der Waals surface area contributed by atoms with Gasteiger partial charge in [-0.3, -0.25) is 0 Å². The van der Waals surface area contributed by atoms with Crippen LogP contribution in [-0.2, 0) is 11.0 Å². The van der Waals surface area contributed by atoms with E-state index in [0.29, 0.717) is 5.92 Å². The topological polar surface area (TPSA) is 20.2 Å². The van der Waals surface area contributed by atoms with Crippen LogP contribution in [0.5, 0.6) is 0 Å². The van der Waals surface area contributed by atoms with E-state index in [1.54, 1.807) is 0 Å². The minimum atomic E-state index is -0.623. The van der Waals surface area contributed by atoms with Gasteiger partial charge < -0.3 is 5.11 Å². The summed E-state index contributed by atoms with van der Waals surface area (Å²) in [4.78, 5) is 0. The second kappa shape index (κ2) is 4.70. The Morgan fingerprint density at radius 3 is 2.44 bits per heavy atom. The fourth-order valence-electron chi connectivity index (χ4n) is 3.24. The zero-order valence-corrected chi connectivity index (χ0v) is 12.2. The lowest BCUT2D eigenvalue weighted by molar-refractivity contribution is -0.0482. The highest BCUT2D eigenvalue weighted by Gasteiger charge is 2.40. The number of hydrogen-bond acceptors (Lipinski definition) is 1. The van der Waals surface area contributed by atoms with Crippen molar-refractivity contribution in [2.75, 3.05) is 0 Å². The van der Waals surface area contributed by atoms with E-state index >= 15 is 0 Å².